The Bertz CT molecular complexity index is 320. The fourth-order valence-electron chi connectivity index (χ4n) is 2.59. The summed E-state index contributed by atoms with van der Waals surface area (Å²) in [4.78, 5) is 2.32. The van der Waals surface area contributed by atoms with Crippen LogP contribution in [0.5, 0.6) is 0 Å². The van der Waals surface area contributed by atoms with Gasteiger partial charge in [0.1, 0.15) is 0 Å². The van der Waals surface area contributed by atoms with Crippen LogP contribution in [-0.2, 0) is 10.0 Å². The summed E-state index contributed by atoms with van der Waals surface area (Å²) in [5.74, 6) is 0.229. The maximum Gasteiger partial charge on any atom is 0.213 e. The topological polar surface area (TPSA) is 61.4 Å². The van der Waals surface area contributed by atoms with Crippen molar-refractivity contribution >= 4 is 10.0 Å². The van der Waals surface area contributed by atoms with Gasteiger partial charge in [-0.2, -0.15) is 0 Å². The van der Waals surface area contributed by atoms with Crippen molar-refractivity contribution in [2.24, 2.45) is 0 Å². The van der Waals surface area contributed by atoms with Crippen LogP contribution in [0.3, 0.4) is 0 Å². The Labute approximate surface area is 104 Å². The molecule has 2 heterocycles. The predicted octanol–water partition coefficient (Wildman–Crippen LogP) is -0.246. The minimum absolute atomic E-state index is 0.152. The van der Waals surface area contributed by atoms with Gasteiger partial charge in [-0.25, -0.2) is 13.1 Å². The van der Waals surface area contributed by atoms with E-state index in [0.717, 1.165) is 39.0 Å². The average molecular weight is 261 g/mol. The summed E-state index contributed by atoms with van der Waals surface area (Å²) in [7, 11) is -3.10. The van der Waals surface area contributed by atoms with Crippen molar-refractivity contribution in [2.75, 3.05) is 38.5 Å². The van der Waals surface area contributed by atoms with Crippen molar-refractivity contribution in [3.63, 3.8) is 0 Å². The summed E-state index contributed by atoms with van der Waals surface area (Å²) in [6, 6.07) is 0.152. The summed E-state index contributed by atoms with van der Waals surface area (Å²) < 4.78 is 26.3. The van der Waals surface area contributed by atoms with E-state index in [0.29, 0.717) is 6.54 Å². The van der Waals surface area contributed by atoms with E-state index in [1.807, 2.05) is 0 Å². The van der Waals surface area contributed by atoms with Gasteiger partial charge >= 0.3 is 0 Å². The first kappa shape index (κ1) is 13.3. The molecule has 1 unspecified atom stereocenters. The molecule has 0 radical (unpaired) electrons. The molecule has 5 nitrogen and oxygen atoms in total. The highest BCUT2D eigenvalue weighted by atomic mass is 32.2. The lowest BCUT2D eigenvalue weighted by Crippen LogP contribution is -2.39. The first-order valence-electron chi connectivity index (χ1n) is 6.59. The molecule has 6 heteroatoms. The third-order valence-electron chi connectivity index (χ3n) is 3.53. The van der Waals surface area contributed by atoms with Gasteiger partial charge in [0.15, 0.2) is 0 Å². The second-order valence-corrected chi connectivity index (χ2v) is 6.87. The second kappa shape index (κ2) is 6.13. The van der Waals surface area contributed by atoms with E-state index >= 15 is 0 Å². The number of likely N-dealkylation sites (tertiary alicyclic amines) is 1. The molecule has 0 aromatic rings. The first-order chi connectivity index (χ1) is 8.16. The Balaban J connectivity index is 1.65. The van der Waals surface area contributed by atoms with Crippen molar-refractivity contribution in [1.82, 2.24) is 14.9 Å². The van der Waals surface area contributed by atoms with Crippen LogP contribution in [0.4, 0.5) is 0 Å². The summed E-state index contributed by atoms with van der Waals surface area (Å²) in [6.07, 6.45) is 4.57. The highest BCUT2D eigenvalue weighted by Crippen LogP contribution is 2.07. The molecule has 0 aliphatic carbocycles. The van der Waals surface area contributed by atoms with Gasteiger partial charge in [-0.05, 0) is 45.3 Å². The van der Waals surface area contributed by atoms with E-state index in [-0.39, 0.29) is 11.8 Å². The Morgan fingerprint density at radius 3 is 2.65 bits per heavy atom. The lowest BCUT2D eigenvalue weighted by Gasteiger charge is -2.16. The monoisotopic (exact) mass is 261 g/mol. The molecule has 2 fully saturated rings. The van der Waals surface area contributed by atoms with Gasteiger partial charge in [-0.15, -0.1) is 0 Å². The maximum atomic E-state index is 11.8. The van der Waals surface area contributed by atoms with Crippen LogP contribution in [0, 0.1) is 0 Å². The molecule has 17 heavy (non-hydrogen) atoms. The van der Waals surface area contributed by atoms with Crippen LogP contribution in [0.25, 0.3) is 0 Å². The first-order valence-corrected chi connectivity index (χ1v) is 8.24. The zero-order valence-electron chi connectivity index (χ0n) is 10.3. The third-order valence-corrected chi connectivity index (χ3v) is 5.02. The number of hydrogen-bond acceptors (Lipinski definition) is 4. The van der Waals surface area contributed by atoms with E-state index in [4.69, 9.17) is 0 Å². The zero-order valence-corrected chi connectivity index (χ0v) is 11.1. The Kier molecular flexibility index (Phi) is 4.78. The van der Waals surface area contributed by atoms with Gasteiger partial charge in [-0.1, -0.05) is 0 Å². The fourth-order valence-corrected chi connectivity index (χ4v) is 3.92. The van der Waals surface area contributed by atoms with Crippen LogP contribution in [0.1, 0.15) is 25.7 Å². The van der Waals surface area contributed by atoms with E-state index in [1.165, 1.54) is 12.8 Å². The van der Waals surface area contributed by atoms with Crippen molar-refractivity contribution < 1.29 is 8.42 Å². The Hall–Kier alpha value is -0.170. The van der Waals surface area contributed by atoms with Crippen LogP contribution in [0.15, 0.2) is 0 Å². The van der Waals surface area contributed by atoms with Gasteiger partial charge in [0.25, 0.3) is 0 Å². The van der Waals surface area contributed by atoms with E-state index in [1.54, 1.807) is 0 Å². The highest BCUT2D eigenvalue weighted by molar-refractivity contribution is 7.89. The normalized spacial score (nSPS) is 26.7. The second-order valence-electron chi connectivity index (χ2n) is 5.02. The molecule has 2 rings (SSSR count). The Morgan fingerprint density at radius 1 is 1.24 bits per heavy atom. The molecule has 1 atom stereocenters. The van der Waals surface area contributed by atoms with Crippen LogP contribution in [0.2, 0.25) is 0 Å². The molecular formula is C11H23N3O2S. The molecule has 100 valence electrons. The lowest BCUT2D eigenvalue weighted by atomic mass is 10.3. The maximum absolute atomic E-state index is 11.8. The summed E-state index contributed by atoms with van der Waals surface area (Å²) in [5.41, 5.74) is 0. The molecule has 0 amide bonds. The quantitative estimate of drug-likeness (QED) is 0.692. The van der Waals surface area contributed by atoms with E-state index in [2.05, 4.69) is 14.9 Å². The molecule has 0 aromatic heterocycles. The molecule has 2 saturated heterocycles. The average Bonchev–Trinajstić information content (AvgIpc) is 2.89. The third kappa shape index (κ3) is 4.54. The van der Waals surface area contributed by atoms with Crippen LogP contribution < -0.4 is 10.0 Å². The molecule has 0 bridgehead atoms. The summed E-state index contributed by atoms with van der Waals surface area (Å²) >= 11 is 0. The number of nitrogens with one attached hydrogen (secondary N) is 2. The molecule has 0 spiro atoms. The molecular weight excluding hydrogens is 238 g/mol. The van der Waals surface area contributed by atoms with E-state index in [9.17, 15) is 8.42 Å². The fraction of sp³-hybridized carbons (Fsp3) is 1.00. The molecule has 2 aliphatic rings. The number of nitrogens with zero attached hydrogens (tertiary/aromatic N) is 1. The standard InChI is InChI=1S/C11H23N3O2S/c15-17(16,10-11-4-3-5-12-11)13-6-9-14-7-1-2-8-14/h11-13H,1-10H2. The number of hydrogen-bond donors (Lipinski definition) is 2. The zero-order chi connectivity index (χ0) is 12.1. The van der Waals surface area contributed by atoms with Gasteiger partial charge in [0.05, 0.1) is 5.75 Å². The summed E-state index contributed by atoms with van der Waals surface area (Å²) in [6.45, 7) is 4.58. The largest absolute Gasteiger partial charge is 0.313 e. The Morgan fingerprint density at radius 2 is 2.00 bits per heavy atom. The van der Waals surface area contributed by atoms with Gasteiger partial charge in [-0.3, -0.25) is 0 Å². The van der Waals surface area contributed by atoms with Gasteiger partial charge in [0.2, 0.25) is 10.0 Å². The summed E-state index contributed by atoms with van der Waals surface area (Å²) in [5, 5.41) is 3.21. The number of sulfonamides is 1. The minimum Gasteiger partial charge on any atom is -0.313 e. The van der Waals surface area contributed by atoms with E-state index < -0.39 is 10.0 Å². The lowest BCUT2D eigenvalue weighted by molar-refractivity contribution is 0.344. The number of rotatable bonds is 6. The van der Waals surface area contributed by atoms with Crippen molar-refractivity contribution in [1.29, 1.82) is 0 Å². The molecule has 2 N–H and O–H groups in total. The highest BCUT2D eigenvalue weighted by Gasteiger charge is 2.21. The van der Waals surface area contributed by atoms with Crippen LogP contribution >= 0.6 is 0 Å². The van der Waals surface area contributed by atoms with Crippen LogP contribution in [-0.4, -0.2) is 57.8 Å². The SMILES string of the molecule is O=S(=O)(CC1CCCN1)NCCN1CCCC1. The van der Waals surface area contributed by atoms with Crippen molar-refractivity contribution in [3.8, 4) is 0 Å². The molecule has 0 saturated carbocycles. The minimum atomic E-state index is -3.10. The smallest absolute Gasteiger partial charge is 0.213 e. The predicted molar refractivity (Wildman–Crippen MR) is 68.5 cm³/mol. The van der Waals surface area contributed by atoms with Gasteiger partial charge in [0, 0.05) is 19.1 Å². The van der Waals surface area contributed by atoms with Crippen molar-refractivity contribution in [2.45, 2.75) is 31.7 Å². The molecule has 2 aliphatic heterocycles. The van der Waals surface area contributed by atoms with Crippen molar-refractivity contribution in [3.05, 3.63) is 0 Å². The molecule has 0 aromatic carbocycles. The van der Waals surface area contributed by atoms with Gasteiger partial charge < -0.3 is 10.2 Å².